The van der Waals surface area contributed by atoms with Crippen LogP contribution in [-0.2, 0) is 0 Å². The van der Waals surface area contributed by atoms with E-state index in [2.05, 4.69) is 21.9 Å². The summed E-state index contributed by atoms with van der Waals surface area (Å²) in [5, 5.41) is 13.8. The Bertz CT molecular complexity index is 437. The van der Waals surface area contributed by atoms with Gasteiger partial charge < -0.3 is 10.1 Å². The molecule has 19 heavy (non-hydrogen) atoms. The smallest absolute Gasteiger partial charge is 0.349 e. The second-order valence-electron chi connectivity index (χ2n) is 3.85. The number of ether oxygens (including phenoxy) is 1. The standard InChI is InChI=1S/C12H18N4O3/c1-3-5-6-8-19-11-10(16(17)18)9-14-12(15-11)13-7-4-2/h3,9H,1,4-8H2,2H3,(H,13,14,15). The summed E-state index contributed by atoms with van der Waals surface area (Å²) in [4.78, 5) is 18.2. The van der Waals surface area contributed by atoms with E-state index < -0.39 is 4.92 Å². The lowest BCUT2D eigenvalue weighted by molar-refractivity contribution is -0.386. The largest absolute Gasteiger partial charge is 0.473 e. The normalized spacial score (nSPS) is 9.95. The van der Waals surface area contributed by atoms with Crippen molar-refractivity contribution in [3.05, 3.63) is 29.0 Å². The molecule has 1 N–H and O–H groups in total. The maximum Gasteiger partial charge on any atom is 0.349 e. The highest BCUT2D eigenvalue weighted by Crippen LogP contribution is 2.24. The number of rotatable bonds is 9. The molecule has 0 aliphatic carbocycles. The van der Waals surface area contributed by atoms with Crippen molar-refractivity contribution in [3.63, 3.8) is 0 Å². The summed E-state index contributed by atoms with van der Waals surface area (Å²) in [7, 11) is 0. The lowest BCUT2D eigenvalue weighted by Crippen LogP contribution is -2.08. The molecule has 104 valence electrons. The first-order valence-electron chi connectivity index (χ1n) is 6.18. The Labute approximate surface area is 111 Å². The van der Waals surface area contributed by atoms with Crippen molar-refractivity contribution < 1.29 is 9.66 Å². The van der Waals surface area contributed by atoms with Gasteiger partial charge in [-0.15, -0.1) is 6.58 Å². The number of anilines is 1. The highest BCUT2D eigenvalue weighted by atomic mass is 16.6. The third-order valence-electron chi connectivity index (χ3n) is 2.26. The summed E-state index contributed by atoms with van der Waals surface area (Å²) >= 11 is 0. The van der Waals surface area contributed by atoms with Gasteiger partial charge >= 0.3 is 5.69 Å². The summed E-state index contributed by atoms with van der Waals surface area (Å²) in [6.07, 6.45) is 5.37. The molecule has 0 atom stereocenters. The van der Waals surface area contributed by atoms with E-state index in [1.165, 1.54) is 0 Å². The zero-order valence-electron chi connectivity index (χ0n) is 11.0. The van der Waals surface area contributed by atoms with E-state index in [1.54, 1.807) is 6.08 Å². The summed E-state index contributed by atoms with van der Waals surface area (Å²) < 4.78 is 5.34. The number of hydrogen-bond acceptors (Lipinski definition) is 6. The lowest BCUT2D eigenvalue weighted by atomic mass is 10.3. The number of hydrogen-bond donors (Lipinski definition) is 1. The molecule has 0 unspecified atom stereocenters. The predicted octanol–water partition coefficient (Wildman–Crippen LogP) is 2.55. The van der Waals surface area contributed by atoms with Crippen molar-refractivity contribution in [1.82, 2.24) is 9.97 Å². The van der Waals surface area contributed by atoms with Crippen LogP contribution in [0.2, 0.25) is 0 Å². The fourth-order valence-corrected chi connectivity index (χ4v) is 1.31. The Balaban J connectivity index is 2.76. The molecule has 0 amide bonds. The Morgan fingerprint density at radius 2 is 2.42 bits per heavy atom. The average molecular weight is 266 g/mol. The van der Waals surface area contributed by atoms with Gasteiger partial charge in [0.05, 0.1) is 11.5 Å². The van der Waals surface area contributed by atoms with Crippen LogP contribution in [0.25, 0.3) is 0 Å². The number of nitrogens with zero attached hydrogens (tertiary/aromatic N) is 3. The Hall–Kier alpha value is -2.18. The van der Waals surface area contributed by atoms with Crippen LogP contribution in [0.3, 0.4) is 0 Å². The predicted molar refractivity (Wildman–Crippen MR) is 72.4 cm³/mol. The van der Waals surface area contributed by atoms with Crippen LogP contribution < -0.4 is 10.1 Å². The molecule has 1 rings (SSSR count). The molecule has 7 nitrogen and oxygen atoms in total. The molecule has 1 aromatic rings. The van der Waals surface area contributed by atoms with Crippen LogP contribution in [0, 0.1) is 10.1 Å². The zero-order chi connectivity index (χ0) is 14.1. The monoisotopic (exact) mass is 266 g/mol. The van der Waals surface area contributed by atoms with Gasteiger partial charge in [0.15, 0.2) is 0 Å². The van der Waals surface area contributed by atoms with Crippen LogP contribution >= 0.6 is 0 Å². The van der Waals surface area contributed by atoms with E-state index in [4.69, 9.17) is 4.74 Å². The molecular weight excluding hydrogens is 248 g/mol. The third kappa shape index (κ3) is 4.90. The van der Waals surface area contributed by atoms with Crippen LogP contribution in [-0.4, -0.2) is 28.0 Å². The number of unbranched alkanes of at least 4 members (excludes halogenated alkanes) is 1. The molecule has 0 aliphatic rings. The first-order valence-corrected chi connectivity index (χ1v) is 6.18. The zero-order valence-corrected chi connectivity index (χ0v) is 11.0. The topological polar surface area (TPSA) is 90.2 Å². The maximum atomic E-state index is 10.8. The first-order chi connectivity index (χ1) is 9.19. The van der Waals surface area contributed by atoms with Crippen molar-refractivity contribution in [3.8, 4) is 5.88 Å². The van der Waals surface area contributed by atoms with Gasteiger partial charge in [0.2, 0.25) is 5.95 Å². The van der Waals surface area contributed by atoms with Gasteiger partial charge in [0, 0.05) is 6.54 Å². The molecule has 1 aromatic heterocycles. The van der Waals surface area contributed by atoms with Crippen LogP contribution in [0.1, 0.15) is 26.2 Å². The van der Waals surface area contributed by atoms with E-state index in [0.717, 1.165) is 25.5 Å². The lowest BCUT2D eigenvalue weighted by Gasteiger charge is -2.07. The van der Waals surface area contributed by atoms with E-state index in [9.17, 15) is 10.1 Å². The van der Waals surface area contributed by atoms with E-state index in [1.807, 2.05) is 6.92 Å². The van der Waals surface area contributed by atoms with Crippen molar-refractivity contribution in [2.24, 2.45) is 0 Å². The first kappa shape index (κ1) is 14.9. The van der Waals surface area contributed by atoms with Crippen LogP contribution in [0.4, 0.5) is 11.6 Å². The highest BCUT2D eigenvalue weighted by molar-refractivity contribution is 5.43. The van der Waals surface area contributed by atoms with Crippen molar-refractivity contribution >= 4 is 11.6 Å². The minimum atomic E-state index is -0.549. The summed E-state index contributed by atoms with van der Waals surface area (Å²) in [6, 6.07) is 0. The molecular formula is C12H18N4O3. The quantitative estimate of drug-likeness (QED) is 0.320. The molecule has 0 bridgehead atoms. The van der Waals surface area contributed by atoms with E-state index in [0.29, 0.717) is 19.1 Å². The molecule has 0 saturated carbocycles. The van der Waals surface area contributed by atoms with E-state index in [-0.39, 0.29) is 11.6 Å². The molecule has 0 aromatic carbocycles. The minimum absolute atomic E-state index is 0.00247. The molecule has 0 saturated heterocycles. The van der Waals surface area contributed by atoms with Gasteiger partial charge in [0.1, 0.15) is 6.20 Å². The van der Waals surface area contributed by atoms with Crippen molar-refractivity contribution in [1.29, 1.82) is 0 Å². The minimum Gasteiger partial charge on any atom is -0.473 e. The second-order valence-corrected chi connectivity index (χ2v) is 3.85. The van der Waals surface area contributed by atoms with Gasteiger partial charge in [-0.05, 0) is 19.3 Å². The van der Waals surface area contributed by atoms with Crippen LogP contribution in [0.5, 0.6) is 5.88 Å². The Morgan fingerprint density at radius 3 is 3.05 bits per heavy atom. The van der Waals surface area contributed by atoms with Crippen LogP contribution in [0.15, 0.2) is 18.9 Å². The summed E-state index contributed by atoms with van der Waals surface area (Å²) in [5.74, 6) is 0.342. The number of allylic oxidation sites excluding steroid dienone is 1. The van der Waals surface area contributed by atoms with Gasteiger partial charge in [-0.1, -0.05) is 13.0 Å². The number of nitrogens with one attached hydrogen (secondary N) is 1. The third-order valence-corrected chi connectivity index (χ3v) is 2.26. The molecule has 1 heterocycles. The summed E-state index contributed by atoms with van der Waals surface area (Å²) in [5.41, 5.74) is -0.222. The van der Waals surface area contributed by atoms with Crippen molar-refractivity contribution in [2.45, 2.75) is 26.2 Å². The molecule has 7 heteroatoms. The van der Waals surface area contributed by atoms with Gasteiger partial charge in [-0.25, -0.2) is 4.98 Å². The molecule has 0 radical (unpaired) electrons. The van der Waals surface area contributed by atoms with Gasteiger partial charge in [-0.3, -0.25) is 10.1 Å². The SMILES string of the molecule is C=CCCCOc1nc(NCCC)ncc1[N+](=O)[O-]. The Kier molecular flexibility index (Phi) is 6.28. The average Bonchev–Trinajstić information content (AvgIpc) is 2.41. The fourth-order valence-electron chi connectivity index (χ4n) is 1.31. The molecule has 0 fully saturated rings. The van der Waals surface area contributed by atoms with Gasteiger partial charge in [0.25, 0.3) is 5.88 Å². The molecule has 0 spiro atoms. The van der Waals surface area contributed by atoms with E-state index >= 15 is 0 Å². The van der Waals surface area contributed by atoms with Gasteiger partial charge in [-0.2, -0.15) is 4.98 Å². The molecule has 0 aliphatic heterocycles. The summed E-state index contributed by atoms with van der Waals surface area (Å²) in [6.45, 7) is 6.66. The second kappa shape index (κ2) is 8.02. The fraction of sp³-hybridized carbons (Fsp3) is 0.500. The number of nitro groups is 1. The Morgan fingerprint density at radius 1 is 1.63 bits per heavy atom. The number of aromatic nitrogens is 2. The maximum absolute atomic E-state index is 10.8. The van der Waals surface area contributed by atoms with Crippen molar-refractivity contribution in [2.75, 3.05) is 18.5 Å². The highest BCUT2D eigenvalue weighted by Gasteiger charge is 2.18.